The molecule has 3 N–H and O–H groups in total. The van der Waals surface area contributed by atoms with Gasteiger partial charge in [0.2, 0.25) is 0 Å². The lowest BCUT2D eigenvalue weighted by atomic mass is 10.1. The molecule has 1 rings (SSSR count). The summed E-state index contributed by atoms with van der Waals surface area (Å²) >= 11 is 0. The van der Waals surface area contributed by atoms with Gasteiger partial charge in [0.1, 0.15) is 18.2 Å². The molecule has 0 bridgehead atoms. The average Bonchev–Trinajstić information content (AvgIpc) is 2.27. The SMILES string of the molecule is CN(C)C(C)(C)COc1ccc(C(=N)N)cc1. The number of likely N-dealkylation sites (N-methyl/N-ethyl adjacent to an activating group) is 1. The minimum Gasteiger partial charge on any atom is -0.492 e. The maximum Gasteiger partial charge on any atom is 0.122 e. The van der Waals surface area contributed by atoms with Gasteiger partial charge < -0.3 is 15.4 Å². The zero-order valence-corrected chi connectivity index (χ0v) is 10.9. The molecule has 0 aliphatic rings. The van der Waals surface area contributed by atoms with Crippen molar-refractivity contribution in [1.29, 1.82) is 5.41 Å². The average molecular weight is 235 g/mol. The van der Waals surface area contributed by atoms with Gasteiger partial charge in [-0.05, 0) is 52.2 Å². The molecule has 17 heavy (non-hydrogen) atoms. The lowest BCUT2D eigenvalue weighted by Crippen LogP contribution is -2.43. The molecule has 0 aliphatic carbocycles. The Labute approximate surface area is 103 Å². The van der Waals surface area contributed by atoms with Gasteiger partial charge >= 0.3 is 0 Å². The molecule has 0 atom stereocenters. The Hall–Kier alpha value is -1.55. The van der Waals surface area contributed by atoms with E-state index in [1.807, 2.05) is 26.2 Å². The molecule has 0 amide bonds. The van der Waals surface area contributed by atoms with Crippen LogP contribution in [0, 0.1) is 5.41 Å². The first-order valence-corrected chi connectivity index (χ1v) is 5.57. The topological polar surface area (TPSA) is 62.3 Å². The Morgan fingerprint density at radius 1 is 1.29 bits per heavy atom. The first-order chi connectivity index (χ1) is 7.83. The summed E-state index contributed by atoms with van der Waals surface area (Å²) in [6.45, 7) is 4.85. The Morgan fingerprint density at radius 3 is 2.24 bits per heavy atom. The number of hydrogen-bond acceptors (Lipinski definition) is 3. The van der Waals surface area contributed by atoms with Gasteiger partial charge in [-0.1, -0.05) is 0 Å². The molecule has 94 valence electrons. The Balaban J connectivity index is 2.62. The van der Waals surface area contributed by atoms with E-state index in [-0.39, 0.29) is 11.4 Å². The number of nitrogens with one attached hydrogen (secondary N) is 1. The van der Waals surface area contributed by atoms with Crippen molar-refractivity contribution in [1.82, 2.24) is 4.90 Å². The van der Waals surface area contributed by atoms with Gasteiger partial charge in [0.25, 0.3) is 0 Å². The van der Waals surface area contributed by atoms with Crippen LogP contribution in [-0.4, -0.2) is 37.0 Å². The van der Waals surface area contributed by atoms with E-state index in [2.05, 4.69) is 18.7 Å². The summed E-state index contributed by atoms with van der Waals surface area (Å²) in [6.07, 6.45) is 0. The summed E-state index contributed by atoms with van der Waals surface area (Å²) < 4.78 is 5.71. The van der Waals surface area contributed by atoms with Crippen LogP contribution >= 0.6 is 0 Å². The predicted octanol–water partition coefficient (Wildman–Crippen LogP) is 1.69. The Bertz CT molecular complexity index is 382. The first-order valence-electron chi connectivity index (χ1n) is 5.57. The van der Waals surface area contributed by atoms with Gasteiger partial charge in [0.05, 0.1) is 0 Å². The normalized spacial score (nSPS) is 11.6. The van der Waals surface area contributed by atoms with Crippen LogP contribution in [0.5, 0.6) is 5.75 Å². The minimum atomic E-state index is -0.0146. The minimum absolute atomic E-state index is 0.0146. The molecule has 4 heteroatoms. The molecule has 0 fully saturated rings. The molecule has 1 aromatic carbocycles. The summed E-state index contributed by atoms with van der Waals surface area (Å²) in [4.78, 5) is 2.12. The van der Waals surface area contributed by atoms with Crippen molar-refractivity contribution in [2.75, 3.05) is 20.7 Å². The van der Waals surface area contributed by atoms with E-state index in [9.17, 15) is 0 Å². The molecule has 0 aromatic heterocycles. The number of rotatable bonds is 5. The molecular weight excluding hydrogens is 214 g/mol. The number of nitrogens with zero attached hydrogens (tertiary/aromatic N) is 1. The van der Waals surface area contributed by atoms with E-state index in [4.69, 9.17) is 15.9 Å². The van der Waals surface area contributed by atoms with E-state index >= 15 is 0 Å². The van der Waals surface area contributed by atoms with Gasteiger partial charge in [0, 0.05) is 11.1 Å². The van der Waals surface area contributed by atoms with Crippen molar-refractivity contribution in [2.24, 2.45) is 5.73 Å². The summed E-state index contributed by atoms with van der Waals surface area (Å²) in [5.41, 5.74) is 6.08. The monoisotopic (exact) mass is 235 g/mol. The van der Waals surface area contributed by atoms with Crippen LogP contribution in [0.4, 0.5) is 0 Å². The largest absolute Gasteiger partial charge is 0.492 e. The van der Waals surface area contributed by atoms with Crippen molar-refractivity contribution in [3.63, 3.8) is 0 Å². The van der Waals surface area contributed by atoms with Crippen molar-refractivity contribution >= 4 is 5.84 Å². The van der Waals surface area contributed by atoms with Gasteiger partial charge in [-0.25, -0.2) is 0 Å². The third-order valence-electron chi connectivity index (χ3n) is 2.97. The fraction of sp³-hybridized carbons (Fsp3) is 0.462. The van der Waals surface area contributed by atoms with Crippen LogP contribution < -0.4 is 10.5 Å². The zero-order valence-electron chi connectivity index (χ0n) is 10.9. The third kappa shape index (κ3) is 3.75. The molecule has 0 saturated heterocycles. The van der Waals surface area contributed by atoms with Crippen molar-refractivity contribution in [2.45, 2.75) is 19.4 Å². The second kappa shape index (κ2) is 5.19. The molecule has 0 radical (unpaired) electrons. The smallest absolute Gasteiger partial charge is 0.122 e. The van der Waals surface area contributed by atoms with Crippen LogP contribution in [0.15, 0.2) is 24.3 Å². The maximum atomic E-state index is 7.29. The Morgan fingerprint density at radius 2 is 1.82 bits per heavy atom. The Kier molecular flexibility index (Phi) is 4.12. The summed E-state index contributed by atoms with van der Waals surface area (Å²) in [5, 5.41) is 7.29. The lowest BCUT2D eigenvalue weighted by Gasteiger charge is -2.32. The molecule has 0 heterocycles. The highest BCUT2D eigenvalue weighted by Gasteiger charge is 2.21. The molecule has 4 nitrogen and oxygen atoms in total. The van der Waals surface area contributed by atoms with Crippen LogP contribution in [0.1, 0.15) is 19.4 Å². The van der Waals surface area contributed by atoms with Crippen molar-refractivity contribution < 1.29 is 4.74 Å². The van der Waals surface area contributed by atoms with Gasteiger partial charge in [-0.2, -0.15) is 0 Å². The second-order valence-electron chi connectivity index (χ2n) is 4.93. The number of hydrogen-bond donors (Lipinski definition) is 2. The molecule has 1 aromatic rings. The number of nitrogen functional groups attached to an aromatic ring is 1. The third-order valence-corrected chi connectivity index (χ3v) is 2.97. The van der Waals surface area contributed by atoms with E-state index in [1.54, 1.807) is 12.1 Å². The molecule has 0 spiro atoms. The second-order valence-corrected chi connectivity index (χ2v) is 4.93. The van der Waals surface area contributed by atoms with Crippen LogP contribution in [-0.2, 0) is 0 Å². The molecule has 0 unspecified atom stereocenters. The zero-order chi connectivity index (χ0) is 13.1. The van der Waals surface area contributed by atoms with E-state index < -0.39 is 0 Å². The number of amidine groups is 1. The van der Waals surface area contributed by atoms with Crippen molar-refractivity contribution in [3.8, 4) is 5.75 Å². The van der Waals surface area contributed by atoms with E-state index in [0.717, 1.165) is 5.75 Å². The van der Waals surface area contributed by atoms with Gasteiger partial charge in [0.15, 0.2) is 0 Å². The fourth-order valence-electron chi connectivity index (χ4n) is 1.12. The molecule has 0 aliphatic heterocycles. The molecule has 0 saturated carbocycles. The summed E-state index contributed by atoms with van der Waals surface area (Å²) in [7, 11) is 4.06. The van der Waals surface area contributed by atoms with Crippen LogP contribution in [0.25, 0.3) is 0 Å². The van der Waals surface area contributed by atoms with E-state index in [0.29, 0.717) is 12.2 Å². The molecular formula is C13H21N3O. The van der Waals surface area contributed by atoms with Crippen LogP contribution in [0.3, 0.4) is 0 Å². The van der Waals surface area contributed by atoms with Gasteiger partial charge in [-0.15, -0.1) is 0 Å². The number of benzene rings is 1. The first kappa shape index (κ1) is 13.5. The fourth-order valence-corrected chi connectivity index (χ4v) is 1.12. The maximum absolute atomic E-state index is 7.29. The van der Waals surface area contributed by atoms with Crippen LogP contribution in [0.2, 0.25) is 0 Å². The highest BCUT2D eigenvalue weighted by Crippen LogP contribution is 2.16. The van der Waals surface area contributed by atoms with Gasteiger partial charge in [-0.3, -0.25) is 5.41 Å². The standard InChI is InChI=1S/C13H21N3O/c1-13(2,16(3)4)9-17-11-7-5-10(6-8-11)12(14)15/h5-8H,9H2,1-4H3,(H3,14,15). The van der Waals surface area contributed by atoms with Crippen molar-refractivity contribution in [3.05, 3.63) is 29.8 Å². The number of ether oxygens (including phenoxy) is 1. The predicted molar refractivity (Wildman–Crippen MR) is 70.7 cm³/mol. The highest BCUT2D eigenvalue weighted by molar-refractivity contribution is 5.94. The highest BCUT2D eigenvalue weighted by atomic mass is 16.5. The van der Waals surface area contributed by atoms with E-state index in [1.165, 1.54) is 0 Å². The number of nitrogens with two attached hydrogens (primary N) is 1. The quantitative estimate of drug-likeness (QED) is 0.603. The summed E-state index contributed by atoms with van der Waals surface area (Å²) in [6, 6.07) is 7.26. The summed E-state index contributed by atoms with van der Waals surface area (Å²) in [5.74, 6) is 0.870. The lowest BCUT2D eigenvalue weighted by molar-refractivity contribution is 0.114.